The summed E-state index contributed by atoms with van der Waals surface area (Å²) >= 11 is 1.39. The molecule has 0 aliphatic heterocycles. The van der Waals surface area contributed by atoms with E-state index in [-0.39, 0.29) is 18.2 Å². The minimum absolute atomic E-state index is 0.0146. The molecule has 2 atom stereocenters. The third-order valence-corrected chi connectivity index (χ3v) is 5.21. The highest BCUT2D eigenvalue weighted by Gasteiger charge is 2.36. The normalized spacial score (nSPS) is 19.1. The number of carbonyl (C=O) groups excluding carboxylic acids is 2. The van der Waals surface area contributed by atoms with Gasteiger partial charge in [0.15, 0.2) is 0 Å². The molecule has 2 unspecified atom stereocenters. The lowest BCUT2D eigenvalue weighted by molar-refractivity contribution is -0.130. The fourth-order valence-corrected chi connectivity index (χ4v) is 3.33. The van der Waals surface area contributed by atoms with E-state index in [1.807, 2.05) is 23.6 Å². The quantitative estimate of drug-likeness (QED) is 0.837. The molecular weight excluding hydrogens is 324 g/mol. The summed E-state index contributed by atoms with van der Waals surface area (Å²) in [5.41, 5.74) is 0. The van der Waals surface area contributed by atoms with Gasteiger partial charge in [-0.1, -0.05) is 13.0 Å². The van der Waals surface area contributed by atoms with Crippen LogP contribution < -0.4 is 5.32 Å². The summed E-state index contributed by atoms with van der Waals surface area (Å²) in [5.74, 6) is 2.94. The van der Waals surface area contributed by atoms with Crippen molar-refractivity contribution in [3.63, 3.8) is 0 Å². The van der Waals surface area contributed by atoms with Gasteiger partial charge < -0.3 is 14.6 Å². The van der Waals surface area contributed by atoms with Crippen LogP contribution in [0.15, 0.2) is 34.1 Å². The molecule has 1 aliphatic carbocycles. The molecule has 3 rings (SSSR count). The van der Waals surface area contributed by atoms with Gasteiger partial charge in [-0.05, 0) is 35.9 Å². The van der Waals surface area contributed by atoms with Crippen molar-refractivity contribution in [2.45, 2.75) is 32.2 Å². The Morgan fingerprint density at radius 1 is 1.38 bits per heavy atom. The highest BCUT2D eigenvalue weighted by atomic mass is 32.1. The molecule has 1 N–H and O–H groups in total. The summed E-state index contributed by atoms with van der Waals surface area (Å²) in [6.45, 7) is 3.01. The second kappa shape index (κ2) is 7.21. The Morgan fingerprint density at radius 3 is 2.83 bits per heavy atom. The van der Waals surface area contributed by atoms with Crippen molar-refractivity contribution in [2.24, 2.45) is 5.92 Å². The molecule has 0 spiro atoms. The molecule has 6 heteroatoms. The number of amides is 2. The summed E-state index contributed by atoms with van der Waals surface area (Å²) in [5, 5.41) is 4.62. The van der Waals surface area contributed by atoms with Gasteiger partial charge in [-0.25, -0.2) is 0 Å². The van der Waals surface area contributed by atoms with Gasteiger partial charge >= 0.3 is 0 Å². The Bertz CT molecular complexity index is 708. The third kappa shape index (κ3) is 4.06. The molecular formula is C18H22N2O3S. The van der Waals surface area contributed by atoms with Crippen molar-refractivity contribution < 1.29 is 14.0 Å². The molecule has 2 aromatic rings. The Balaban J connectivity index is 1.41. The SMILES string of the molecule is CC1CC1c1ccc(CN(C)C(=O)CCNC(=O)c2cccs2)o1. The number of furan rings is 1. The highest BCUT2D eigenvalue weighted by Crippen LogP contribution is 2.47. The van der Waals surface area contributed by atoms with E-state index in [0.29, 0.717) is 29.8 Å². The van der Waals surface area contributed by atoms with Gasteiger partial charge in [0.05, 0.1) is 11.4 Å². The van der Waals surface area contributed by atoms with Crippen molar-refractivity contribution >= 4 is 23.2 Å². The first-order chi connectivity index (χ1) is 11.5. The van der Waals surface area contributed by atoms with E-state index in [2.05, 4.69) is 12.2 Å². The largest absolute Gasteiger partial charge is 0.464 e. The van der Waals surface area contributed by atoms with E-state index in [4.69, 9.17) is 4.42 Å². The second-order valence-electron chi connectivity index (χ2n) is 6.36. The molecule has 5 nitrogen and oxygen atoms in total. The van der Waals surface area contributed by atoms with Crippen LogP contribution in [0.25, 0.3) is 0 Å². The van der Waals surface area contributed by atoms with E-state index >= 15 is 0 Å². The summed E-state index contributed by atoms with van der Waals surface area (Å²) in [7, 11) is 1.76. The first-order valence-electron chi connectivity index (χ1n) is 8.19. The first kappa shape index (κ1) is 16.8. The second-order valence-corrected chi connectivity index (χ2v) is 7.30. The van der Waals surface area contributed by atoms with Crippen LogP contribution in [-0.4, -0.2) is 30.3 Å². The monoisotopic (exact) mass is 346 g/mol. The smallest absolute Gasteiger partial charge is 0.261 e. The molecule has 1 aliphatic rings. The van der Waals surface area contributed by atoms with E-state index in [0.717, 1.165) is 11.5 Å². The van der Waals surface area contributed by atoms with Crippen LogP contribution in [0.5, 0.6) is 0 Å². The third-order valence-electron chi connectivity index (χ3n) is 4.35. The fraction of sp³-hybridized carbons (Fsp3) is 0.444. The Labute approximate surface area is 145 Å². The highest BCUT2D eigenvalue weighted by molar-refractivity contribution is 7.12. The standard InChI is InChI=1S/C18H22N2O3S/c1-12-10-14(12)15-6-5-13(23-15)11-20(2)17(21)7-8-19-18(22)16-4-3-9-24-16/h3-6,9,12,14H,7-8,10-11H2,1-2H3,(H,19,22). The zero-order valence-electron chi connectivity index (χ0n) is 14.0. The number of rotatable bonds is 7. The van der Waals surface area contributed by atoms with E-state index in [9.17, 15) is 9.59 Å². The zero-order valence-corrected chi connectivity index (χ0v) is 14.8. The topological polar surface area (TPSA) is 62.6 Å². The number of nitrogens with one attached hydrogen (secondary N) is 1. The minimum Gasteiger partial charge on any atom is -0.464 e. The zero-order chi connectivity index (χ0) is 17.1. The lowest BCUT2D eigenvalue weighted by atomic mass is 10.3. The van der Waals surface area contributed by atoms with Crippen LogP contribution in [-0.2, 0) is 11.3 Å². The van der Waals surface area contributed by atoms with Gasteiger partial charge in [-0.15, -0.1) is 11.3 Å². The molecule has 128 valence electrons. The van der Waals surface area contributed by atoms with Crippen LogP contribution in [0, 0.1) is 5.92 Å². The Hall–Kier alpha value is -2.08. The predicted molar refractivity (Wildman–Crippen MR) is 93.0 cm³/mol. The molecule has 2 aromatic heterocycles. The van der Waals surface area contributed by atoms with Crippen molar-refractivity contribution in [3.8, 4) is 0 Å². The maximum absolute atomic E-state index is 12.2. The molecule has 1 saturated carbocycles. The van der Waals surface area contributed by atoms with Crippen molar-refractivity contribution in [3.05, 3.63) is 46.0 Å². The molecule has 0 radical (unpaired) electrons. The number of carbonyl (C=O) groups is 2. The average Bonchev–Trinajstić information content (AvgIpc) is 3.01. The number of hydrogen-bond donors (Lipinski definition) is 1. The van der Waals surface area contributed by atoms with E-state index in [1.54, 1.807) is 18.0 Å². The van der Waals surface area contributed by atoms with E-state index in [1.165, 1.54) is 17.8 Å². The average molecular weight is 346 g/mol. The van der Waals surface area contributed by atoms with Crippen molar-refractivity contribution in [1.82, 2.24) is 10.2 Å². The Morgan fingerprint density at radius 2 is 2.17 bits per heavy atom. The van der Waals surface area contributed by atoms with Gasteiger partial charge in [0.1, 0.15) is 11.5 Å². The van der Waals surface area contributed by atoms with Crippen LogP contribution in [0.3, 0.4) is 0 Å². The number of thiophene rings is 1. The Kier molecular flexibility index (Phi) is 5.04. The van der Waals surface area contributed by atoms with Gasteiger partial charge in [0, 0.05) is 25.9 Å². The maximum atomic E-state index is 12.2. The molecule has 1 fully saturated rings. The van der Waals surface area contributed by atoms with Crippen LogP contribution in [0.2, 0.25) is 0 Å². The van der Waals surface area contributed by atoms with Crippen LogP contribution in [0.1, 0.15) is 46.9 Å². The molecule has 2 heterocycles. The summed E-state index contributed by atoms with van der Waals surface area (Å²) in [6.07, 6.45) is 1.46. The number of hydrogen-bond acceptors (Lipinski definition) is 4. The van der Waals surface area contributed by atoms with Gasteiger partial charge in [0.25, 0.3) is 5.91 Å². The molecule has 0 aromatic carbocycles. The molecule has 24 heavy (non-hydrogen) atoms. The number of nitrogens with zero attached hydrogens (tertiary/aromatic N) is 1. The van der Waals surface area contributed by atoms with Crippen LogP contribution in [0.4, 0.5) is 0 Å². The van der Waals surface area contributed by atoms with Crippen molar-refractivity contribution in [2.75, 3.05) is 13.6 Å². The van der Waals surface area contributed by atoms with E-state index < -0.39 is 0 Å². The summed E-state index contributed by atoms with van der Waals surface area (Å²) in [6, 6.07) is 7.56. The molecule has 0 bridgehead atoms. The van der Waals surface area contributed by atoms with Gasteiger partial charge in [0.2, 0.25) is 5.91 Å². The van der Waals surface area contributed by atoms with Gasteiger partial charge in [-0.3, -0.25) is 9.59 Å². The molecule has 2 amide bonds. The lowest BCUT2D eigenvalue weighted by Crippen LogP contribution is -2.31. The first-order valence-corrected chi connectivity index (χ1v) is 9.07. The maximum Gasteiger partial charge on any atom is 0.261 e. The molecule has 0 saturated heterocycles. The van der Waals surface area contributed by atoms with Gasteiger partial charge in [-0.2, -0.15) is 0 Å². The predicted octanol–water partition coefficient (Wildman–Crippen LogP) is 3.24. The van der Waals surface area contributed by atoms with Crippen molar-refractivity contribution in [1.29, 1.82) is 0 Å². The fourth-order valence-electron chi connectivity index (χ4n) is 2.69. The van der Waals surface area contributed by atoms with Crippen LogP contribution >= 0.6 is 11.3 Å². The minimum atomic E-state index is -0.130. The summed E-state index contributed by atoms with van der Waals surface area (Å²) < 4.78 is 5.83. The summed E-state index contributed by atoms with van der Waals surface area (Å²) in [4.78, 5) is 26.3. The lowest BCUT2D eigenvalue weighted by Gasteiger charge is -2.15.